The van der Waals surface area contributed by atoms with Crippen molar-refractivity contribution in [2.75, 3.05) is 13.2 Å². The molecule has 0 aromatic carbocycles. The van der Waals surface area contributed by atoms with Crippen LogP contribution in [-0.2, 0) is 14.3 Å². The van der Waals surface area contributed by atoms with E-state index in [4.69, 9.17) is 4.74 Å². The number of ether oxygens (including phenoxy) is 1. The number of nitrogens with one attached hydrogen (secondary N) is 1. The maximum absolute atomic E-state index is 12.5. The second-order valence-electron chi connectivity index (χ2n) is 22.8. The monoisotopic (exact) mass is 1020 g/mol. The molecule has 6 nitrogen and oxygen atoms in total. The van der Waals surface area contributed by atoms with Crippen LogP contribution in [-0.4, -0.2) is 47.4 Å². The van der Waals surface area contributed by atoms with Crippen LogP contribution in [0, 0.1) is 0 Å². The Hall–Kier alpha value is -1.40. The van der Waals surface area contributed by atoms with Gasteiger partial charge in [0.25, 0.3) is 0 Å². The molecule has 0 aliphatic rings. The highest BCUT2D eigenvalue weighted by molar-refractivity contribution is 5.76. The SMILES string of the molecule is CCCCCCCCCCCCCCCCCCCCCCCC(O)C(CO)NC(=O)CCCCCCC/C=C\CCCCCCCCCCCOC(=O)CCCCCCCCCCCCCCCCCC. The molecule has 2 unspecified atom stereocenters. The topological polar surface area (TPSA) is 95.9 Å². The van der Waals surface area contributed by atoms with Crippen molar-refractivity contribution in [2.45, 2.75) is 386 Å². The van der Waals surface area contributed by atoms with Gasteiger partial charge in [0.15, 0.2) is 0 Å². The summed E-state index contributed by atoms with van der Waals surface area (Å²) in [5.74, 6) is -0.0373. The minimum Gasteiger partial charge on any atom is -0.466 e. The first-order valence-corrected chi connectivity index (χ1v) is 32.9. The number of unbranched alkanes of at least 4 members (excludes halogenated alkanes) is 49. The lowest BCUT2D eigenvalue weighted by Gasteiger charge is -2.22. The summed E-state index contributed by atoms with van der Waals surface area (Å²) in [6.07, 6.45) is 75.1. The molecule has 0 aliphatic heterocycles. The third kappa shape index (κ3) is 57.9. The van der Waals surface area contributed by atoms with Gasteiger partial charge in [0.05, 0.1) is 25.4 Å². The van der Waals surface area contributed by atoms with Crippen LogP contribution in [0.3, 0.4) is 0 Å². The third-order valence-corrected chi connectivity index (χ3v) is 15.6. The molecule has 0 radical (unpaired) electrons. The zero-order valence-corrected chi connectivity index (χ0v) is 48.9. The van der Waals surface area contributed by atoms with Crippen LogP contribution in [0.4, 0.5) is 0 Å². The number of hydrogen-bond donors (Lipinski definition) is 3. The maximum atomic E-state index is 12.5. The first-order valence-electron chi connectivity index (χ1n) is 32.9. The minimum absolute atomic E-state index is 0.00759. The zero-order valence-electron chi connectivity index (χ0n) is 48.9. The Kier molecular flexibility index (Phi) is 60.9. The van der Waals surface area contributed by atoms with Crippen molar-refractivity contribution >= 4 is 11.9 Å². The highest BCUT2D eigenvalue weighted by Gasteiger charge is 2.20. The summed E-state index contributed by atoms with van der Waals surface area (Å²) in [7, 11) is 0. The van der Waals surface area contributed by atoms with Gasteiger partial charge in [0.2, 0.25) is 5.91 Å². The summed E-state index contributed by atoms with van der Waals surface area (Å²) < 4.78 is 5.49. The second-order valence-corrected chi connectivity index (χ2v) is 22.8. The Bertz CT molecular complexity index is 1080. The van der Waals surface area contributed by atoms with Crippen LogP contribution < -0.4 is 5.32 Å². The highest BCUT2D eigenvalue weighted by Crippen LogP contribution is 2.18. The van der Waals surface area contributed by atoms with Gasteiger partial charge in [-0.05, 0) is 51.4 Å². The maximum Gasteiger partial charge on any atom is 0.305 e. The van der Waals surface area contributed by atoms with Gasteiger partial charge in [-0.1, -0.05) is 321 Å². The molecule has 6 heteroatoms. The molecule has 428 valence electrons. The van der Waals surface area contributed by atoms with Crippen molar-refractivity contribution < 1.29 is 24.5 Å². The van der Waals surface area contributed by atoms with Crippen molar-refractivity contribution in [3.63, 3.8) is 0 Å². The van der Waals surface area contributed by atoms with Crippen LogP contribution in [0.15, 0.2) is 12.2 Å². The van der Waals surface area contributed by atoms with Crippen LogP contribution in [0.2, 0.25) is 0 Å². The van der Waals surface area contributed by atoms with E-state index in [1.807, 2.05) is 0 Å². The molecule has 3 N–H and O–H groups in total. The van der Waals surface area contributed by atoms with Gasteiger partial charge in [0.1, 0.15) is 0 Å². The van der Waals surface area contributed by atoms with Gasteiger partial charge >= 0.3 is 5.97 Å². The number of allylic oxidation sites excluding steroid dienone is 2. The number of hydrogen-bond acceptors (Lipinski definition) is 5. The van der Waals surface area contributed by atoms with Crippen molar-refractivity contribution in [1.29, 1.82) is 0 Å². The Morgan fingerprint density at radius 1 is 0.375 bits per heavy atom. The predicted molar refractivity (Wildman–Crippen MR) is 315 cm³/mol. The van der Waals surface area contributed by atoms with Crippen molar-refractivity contribution in [3.05, 3.63) is 12.2 Å². The Balaban J connectivity index is 3.43. The summed E-state index contributed by atoms with van der Waals surface area (Å²) in [5, 5.41) is 23.4. The number of esters is 1. The Morgan fingerprint density at radius 2 is 0.653 bits per heavy atom. The van der Waals surface area contributed by atoms with Crippen LogP contribution in [0.1, 0.15) is 373 Å². The van der Waals surface area contributed by atoms with E-state index in [9.17, 15) is 19.8 Å². The zero-order chi connectivity index (χ0) is 52.2. The van der Waals surface area contributed by atoms with Gasteiger partial charge in [-0.25, -0.2) is 0 Å². The average molecular weight is 1020 g/mol. The molecular weight excluding hydrogens is 887 g/mol. The van der Waals surface area contributed by atoms with Crippen LogP contribution in [0.5, 0.6) is 0 Å². The summed E-state index contributed by atoms with van der Waals surface area (Å²) in [6, 6.07) is -0.552. The van der Waals surface area contributed by atoms with Crippen molar-refractivity contribution in [1.82, 2.24) is 5.32 Å². The van der Waals surface area contributed by atoms with E-state index in [0.29, 0.717) is 25.9 Å². The molecule has 2 atom stereocenters. The number of carbonyl (C=O) groups excluding carboxylic acids is 2. The number of carbonyl (C=O) groups is 2. The lowest BCUT2D eigenvalue weighted by atomic mass is 10.0. The van der Waals surface area contributed by atoms with E-state index in [0.717, 1.165) is 51.4 Å². The summed E-state index contributed by atoms with van der Waals surface area (Å²) in [4.78, 5) is 24.6. The van der Waals surface area contributed by atoms with Crippen LogP contribution in [0.25, 0.3) is 0 Å². The lowest BCUT2D eigenvalue weighted by Crippen LogP contribution is -2.45. The van der Waals surface area contributed by atoms with Gasteiger partial charge in [-0.3, -0.25) is 9.59 Å². The quantitative estimate of drug-likeness (QED) is 0.0320. The fourth-order valence-electron chi connectivity index (χ4n) is 10.5. The first-order chi connectivity index (χ1) is 35.5. The molecule has 0 aliphatic carbocycles. The average Bonchev–Trinajstić information content (AvgIpc) is 3.38. The second kappa shape index (κ2) is 62.1. The fourth-order valence-corrected chi connectivity index (χ4v) is 10.5. The first kappa shape index (κ1) is 70.6. The number of rotatable bonds is 62. The molecule has 1 amide bonds. The molecule has 0 saturated heterocycles. The lowest BCUT2D eigenvalue weighted by molar-refractivity contribution is -0.143. The number of aliphatic hydroxyl groups excluding tert-OH is 2. The third-order valence-electron chi connectivity index (χ3n) is 15.6. The largest absolute Gasteiger partial charge is 0.466 e. The molecule has 0 heterocycles. The predicted octanol–water partition coefficient (Wildman–Crippen LogP) is 20.8. The van der Waals surface area contributed by atoms with Crippen molar-refractivity contribution in [2.24, 2.45) is 0 Å². The fraction of sp³-hybridized carbons (Fsp3) is 0.939. The molecular formula is C66H129NO5. The summed E-state index contributed by atoms with van der Waals surface area (Å²) in [6.45, 7) is 4.98. The molecule has 0 rings (SSSR count). The smallest absolute Gasteiger partial charge is 0.305 e. The van der Waals surface area contributed by atoms with Gasteiger partial charge in [-0.15, -0.1) is 0 Å². The summed E-state index contributed by atoms with van der Waals surface area (Å²) >= 11 is 0. The molecule has 0 aromatic heterocycles. The van der Waals surface area contributed by atoms with Gasteiger partial charge in [0, 0.05) is 12.8 Å². The standard InChI is InChI=1S/C66H129NO5/c1-3-5-7-9-11-13-15-17-19-21-22-23-24-27-30-34-38-42-46-50-54-58-64(69)63(62-68)67-65(70)59-55-51-47-43-39-35-31-28-25-26-29-33-37-41-45-49-53-57-61-72-66(71)60-56-52-48-44-40-36-32-20-18-16-14-12-10-8-6-4-2/h28,31,63-64,68-69H,3-27,29-30,32-62H2,1-2H3,(H,67,70)/b31-28-. The molecule has 0 spiro atoms. The Labute approximate surface area is 450 Å². The van der Waals surface area contributed by atoms with E-state index in [1.165, 1.54) is 289 Å². The molecule has 0 bridgehead atoms. The van der Waals surface area contributed by atoms with E-state index >= 15 is 0 Å². The van der Waals surface area contributed by atoms with E-state index in [2.05, 4.69) is 31.3 Å². The molecule has 0 aromatic rings. The Morgan fingerprint density at radius 3 is 0.986 bits per heavy atom. The molecule has 0 saturated carbocycles. The molecule has 72 heavy (non-hydrogen) atoms. The minimum atomic E-state index is -0.673. The normalized spacial score (nSPS) is 12.6. The van der Waals surface area contributed by atoms with Gasteiger partial charge < -0.3 is 20.3 Å². The van der Waals surface area contributed by atoms with E-state index < -0.39 is 12.1 Å². The highest BCUT2D eigenvalue weighted by atomic mass is 16.5. The van der Waals surface area contributed by atoms with E-state index in [-0.39, 0.29) is 18.5 Å². The van der Waals surface area contributed by atoms with Crippen molar-refractivity contribution in [3.8, 4) is 0 Å². The summed E-state index contributed by atoms with van der Waals surface area (Å²) in [5.41, 5.74) is 0. The van der Waals surface area contributed by atoms with Gasteiger partial charge in [-0.2, -0.15) is 0 Å². The van der Waals surface area contributed by atoms with E-state index in [1.54, 1.807) is 0 Å². The molecule has 0 fully saturated rings. The number of amides is 1. The van der Waals surface area contributed by atoms with Crippen LogP contribution >= 0.6 is 0 Å². The number of aliphatic hydroxyl groups is 2.